The molecule has 0 saturated carbocycles. The quantitative estimate of drug-likeness (QED) is 0.644. The van der Waals surface area contributed by atoms with Gasteiger partial charge in [-0.05, 0) is 66.1 Å². The van der Waals surface area contributed by atoms with Crippen molar-refractivity contribution < 1.29 is 9.90 Å². The number of benzene rings is 3. The molecule has 0 bridgehead atoms. The molecule has 0 amide bonds. The van der Waals surface area contributed by atoms with Crippen molar-refractivity contribution in [1.82, 2.24) is 0 Å². The Balaban J connectivity index is 1.84. The van der Waals surface area contributed by atoms with Crippen LogP contribution in [0.15, 0.2) is 72.8 Å². The minimum Gasteiger partial charge on any atom is -0.478 e. The van der Waals surface area contributed by atoms with Crippen molar-refractivity contribution in [2.24, 2.45) is 0 Å². The van der Waals surface area contributed by atoms with Crippen molar-refractivity contribution in [3.63, 3.8) is 0 Å². The van der Waals surface area contributed by atoms with Gasteiger partial charge in [-0.15, -0.1) is 0 Å². The van der Waals surface area contributed by atoms with Crippen LogP contribution in [0.4, 0.5) is 0 Å². The maximum Gasteiger partial charge on any atom is 0.335 e. The molecular weight excluding hydrogens is 308 g/mol. The first kappa shape index (κ1) is 17.0. The zero-order chi connectivity index (χ0) is 17.6. The third kappa shape index (κ3) is 4.16. The van der Waals surface area contributed by atoms with E-state index in [9.17, 15) is 9.90 Å². The summed E-state index contributed by atoms with van der Waals surface area (Å²) in [5, 5.41) is 9.31. The molecule has 0 saturated heterocycles. The van der Waals surface area contributed by atoms with Crippen LogP contribution in [0.1, 0.15) is 33.5 Å². The monoisotopic (exact) mass is 330 g/mol. The standard InChI is InChI=1S/C23H22O2/c1-17-8-5-6-9-18(17)12-7-13-20-16-21(23(24)25)14-15-22(20)19-10-3-2-4-11-19/h2-6,8-11,14-16H,7,12-13H2,1H3,(H,24,25). The van der Waals surface area contributed by atoms with Crippen molar-refractivity contribution in [1.29, 1.82) is 0 Å². The molecule has 0 radical (unpaired) electrons. The SMILES string of the molecule is Cc1ccccc1CCCc1cc(C(=O)O)ccc1-c1ccccc1. The van der Waals surface area contributed by atoms with E-state index < -0.39 is 5.97 Å². The number of rotatable bonds is 6. The van der Waals surface area contributed by atoms with Crippen LogP contribution in [0, 0.1) is 6.92 Å². The summed E-state index contributed by atoms with van der Waals surface area (Å²) >= 11 is 0. The number of carboxylic acids is 1. The van der Waals surface area contributed by atoms with Crippen LogP contribution < -0.4 is 0 Å². The highest BCUT2D eigenvalue weighted by Gasteiger charge is 2.10. The fourth-order valence-corrected chi connectivity index (χ4v) is 3.19. The molecule has 0 unspecified atom stereocenters. The molecule has 1 N–H and O–H groups in total. The maximum absolute atomic E-state index is 11.3. The van der Waals surface area contributed by atoms with Gasteiger partial charge in [0.1, 0.15) is 0 Å². The van der Waals surface area contributed by atoms with Gasteiger partial charge in [-0.2, -0.15) is 0 Å². The van der Waals surface area contributed by atoms with Crippen molar-refractivity contribution in [3.05, 3.63) is 95.1 Å². The van der Waals surface area contributed by atoms with Gasteiger partial charge >= 0.3 is 5.97 Å². The molecule has 126 valence electrons. The minimum absolute atomic E-state index is 0.352. The Labute approximate surface area is 148 Å². The number of carbonyl (C=O) groups is 1. The summed E-state index contributed by atoms with van der Waals surface area (Å²) in [6.45, 7) is 2.13. The lowest BCUT2D eigenvalue weighted by Gasteiger charge is -2.12. The van der Waals surface area contributed by atoms with E-state index in [2.05, 4.69) is 43.3 Å². The fraction of sp³-hybridized carbons (Fsp3) is 0.174. The van der Waals surface area contributed by atoms with E-state index in [1.165, 1.54) is 11.1 Å². The van der Waals surface area contributed by atoms with Gasteiger partial charge in [0, 0.05) is 0 Å². The second-order valence-electron chi connectivity index (χ2n) is 6.32. The molecule has 3 rings (SSSR count). The topological polar surface area (TPSA) is 37.3 Å². The van der Waals surface area contributed by atoms with Gasteiger partial charge in [-0.1, -0.05) is 60.7 Å². The van der Waals surface area contributed by atoms with Gasteiger partial charge in [0.15, 0.2) is 0 Å². The maximum atomic E-state index is 11.3. The first-order chi connectivity index (χ1) is 12.1. The van der Waals surface area contributed by atoms with Crippen LogP contribution in [0.5, 0.6) is 0 Å². The Kier molecular flexibility index (Phi) is 5.30. The van der Waals surface area contributed by atoms with Crippen LogP contribution in [-0.2, 0) is 12.8 Å². The van der Waals surface area contributed by atoms with Crippen LogP contribution in [0.2, 0.25) is 0 Å². The van der Waals surface area contributed by atoms with Crippen LogP contribution in [0.25, 0.3) is 11.1 Å². The van der Waals surface area contributed by atoms with E-state index in [0.717, 1.165) is 36.0 Å². The molecule has 0 aromatic heterocycles. The summed E-state index contributed by atoms with van der Waals surface area (Å²) in [6, 6.07) is 24.0. The smallest absolute Gasteiger partial charge is 0.335 e. The largest absolute Gasteiger partial charge is 0.478 e. The predicted molar refractivity (Wildman–Crippen MR) is 102 cm³/mol. The molecule has 0 aliphatic rings. The fourth-order valence-electron chi connectivity index (χ4n) is 3.19. The molecule has 3 aromatic rings. The second kappa shape index (κ2) is 7.80. The van der Waals surface area contributed by atoms with Crippen LogP contribution in [-0.4, -0.2) is 11.1 Å². The van der Waals surface area contributed by atoms with Crippen molar-refractivity contribution >= 4 is 5.97 Å². The molecule has 2 heteroatoms. The lowest BCUT2D eigenvalue weighted by atomic mass is 9.93. The normalized spacial score (nSPS) is 10.6. The zero-order valence-electron chi connectivity index (χ0n) is 14.4. The molecule has 0 aliphatic heterocycles. The average Bonchev–Trinajstić information content (AvgIpc) is 2.64. The van der Waals surface area contributed by atoms with Gasteiger partial charge in [-0.25, -0.2) is 4.79 Å². The summed E-state index contributed by atoms with van der Waals surface area (Å²) in [5.41, 5.74) is 6.37. The van der Waals surface area contributed by atoms with Gasteiger partial charge in [0.2, 0.25) is 0 Å². The summed E-state index contributed by atoms with van der Waals surface area (Å²) in [5.74, 6) is -0.875. The van der Waals surface area contributed by atoms with Crippen LogP contribution in [0.3, 0.4) is 0 Å². The highest BCUT2D eigenvalue weighted by molar-refractivity contribution is 5.89. The van der Waals surface area contributed by atoms with E-state index in [1.54, 1.807) is 6.07 Å². The van der Waals surface area contributed by atoms with Gasteiger partial charge < -0.3 is 5.11 Å². The Morgan fingerprint density at radius 2 is 1.52 bits per heavy atom. The lowest BCUT2D eigenvalue weighted by molar-refractivity contribution is 0.0697. The van der Waals surface area contributed by atoms with Crippen LogP contribution >= 0.6 is 0 Å². The molecular formula is C23H22O2. The molecule has 3 aromatic carbocycles. The Bertz CT molecular complexity index is 866. The van der Waals surface area contributed by atoms with E-state index in [4.69, 9.17) is 0 Å². The zero-order valence-corrected chi connectivity index (χ0v) is 14.4. The molecule has 0 spiro atoms. The first-order valence-corrected chi connectivity index (χ1v) is 8.61. The number of carboxylic acid groups (broad SMARTS) is 1. The van der Waals surface area contributed by atoms with E-state index in [-0.39, 0.29) is 0 Å². The predicted octanol–water partition coefficient (Wildman–Crippen LogP) is 5.54. The molecule has 0 heterocycles. The highest BCUT2D eigenvalue weighted by Crippen LogP contribution is 2.26. The van der Waals surface area contributed by atoms with Crippen molar-refractivity contribution in [3.8, 4) is 11.1 Å². The Hall–Kier alpha value is -2.87. The van der Waals surface area contributed by atoms with Gasteiger partial charge in [0.05, 0.1) is 5.56 Å². The Morgan fingerprint density at radius 1 is 0.840 bits per heavy atom. The van der Waals surface area contributed by atoms with E-state index in [0.29, 0.717) is 5.56 Å². The molecule has 25 heavy (non-hydrogen) atoms. The van der Waals surface area contributed by atoms with Gasteiger partial charge in [0.25, 0.3) is 0 Å². The Morgan fingerprint density at radius 3 is 2.24 bits per heavy atom. The second-order valence-corrected chi connectivity index (χ2v) is 6.32. The lowest BCUT2D eigenvalue weighted by Crippen LogP contribution is -2.00. The third-order valence-corrected chi connectivity index (χ3v) is 4.59. The van der Waals surface area contributed by atoms with E-state index >= 15 is 0 Å². The molecule has 0 atom stereocenters. The summed E-state index contributed by atoms with van der Waals surface area (Å²) in [4.78, 5) is 11.3. The molecule has 0 fully saturated rings. The molecule has 0 aliphatic carbocycles. The third-order valence-electron chi connectivity index (χ3n) is 4.59. The number of hydrogen-bond donors (Lipinski definition) is 1. The first-order valence-electron chi connectivity index (χ1n) is 8.61. The number of aromatic carboxylic acids is 1. The minimum atomic E-state index is -0.875. The number of aryl methyl sites for hydroxylation is 3. The van der Waals surface area contributed by atoms with Gasteiger partial charge in [-0.3, -0.25) is 0 Å². The highest BCUT2D eigenvalue weighted by atomic mass is 16.4. The molecule has 2 nitrogen and oxygen atoms in total. The summed E-state index contributed by atoms with van der Waals surface area (Å²) in [6.07, 6.45) is 2.85. The van der Waals surface area contributed by atoms with Crippen molar-refractivity contribution in [2.75, 3.05) is 0 Å². The number of hydrogen-bond acceptors (Lipinski definition) is 1. The van der Waals surface area contributed by atoms with Crippen molar-refractivity contribution in [2.45, 2.75) is 26.2 Å². The average molecular weight is 330 g/mol. The summed E-state index contributed by atoms with van der Waals surface area (Å²) < 4.78 is 0. The summed E-state index contributed by atoms with van der Waals surface area (Å²) in [7, 11) is 0. The van der Waals surface area contributed by atoms with E-state index in [1.807, 2.05) is 30.3 Å².